The molecule has 3 aromatic rings. The minimum atomic E-state index is -0.206. The average Bonchev–Trinajstić information content (AvgIpc) is 3.13. The van der Waals surface area contributed by atoms with Gasteiger partial charge in [0.2, 0.25) is 0 Å². The highest BCUT2D eigenvalue weighted by molar-refractivity contribution is 7.20. The SMILES string of the molecule is Cc1c(C(=O)NC2COc3ccccc32)sc2ncn(C)c(=O)c12. The first-order valence-electron chi connectivity index (χ1n) is 7.53. The first kappa shape index (κ1) is 14.9. The number of fused-ring (bicyclic) bond motifs is 2. The molecule has 24 heavy (non-hydrogen) atoms. The zero-order chi connectivity index (χ0) is 16.8. The molecule has 1 atom stereocenters. The molecule has 1 aliphatic heterocycles. The van der Waals surface area contributed by atoms with Crippen molar-refractivity contribution >= 4 is 27.5 Å². The summed E-state index contributed by atoms with van der Waals surface area (Å²) in [6, 6.07) is 7.47. The van der Waals surface area contributed by atoms with E-state index in [2.05, 4.69) is 10.3 Å². The van der Waals surface area contributed by atoms with Crippen LogP contribution in [0.2, 0.25) is 0 Å². The van der Waals surface area contributed by atoms with E-state index in [0.717, 1.165) is 11.3 Å². The molecule has 122 valence electrons. The number of para-hydroxylation sites is 1. The Labute approximate surface area is 141 Å². The van der Waals surface area contributed by atoms with Crippen molar-refractivity contribution in [3.8, 4) is 5.75 Å². The highest BCUT2D eigenvalue weighted by Gasteiger charge is 2.27. The van der Waals surface area contributed by atoms with Gasteiger partial charge in [-0.1, -0.05) is 18.2 Å². The van der Waals surface area contributed by atoms with Crippen LogP contribution in [0.1, 0.15) is 26.8 Å². The molecule has 0 aliphatic carbocycles. The summed E-state index contributed by atoms with van der Waals surface area (Å²) in [4.78, 5) is 30.3. The van der Waals surface area contributed by atoms with Crippen molar-refractivity contribution in [2.24, 2.45) is 7.05 Å². The molecule has 0 saturated carbocycles. The van der Waals surface area contributed by atoms with Crippen molar-refractivity contribution in [1.82, 2.24) is 14.9 Å². The summed E-state index contributed by atoms with van der Waals surface area (Å²) in [7, 11) is 1.65. The van der Waals surface area contributed by atoms with Crippen LogP contribution in [0.25, 0.3) is 10.2 Å². The van der Waals surface area contributed by atoms with E-state index >= 15 is 0 Å². The van der Waals surface area contributed by atoms with E-state index in [0.29, 0.717) is 27.3 Å². The second-order valence-electron chi connectivity index (χ2n) is 5.77. The molecular weight excluding hydrogens is 326 g/mol. The van der Waals surface area contributed by atoms with Gasteiger partial charge in [0.1, 0.15) is 17.2 Å². The normalized spacial score (nSPS) is 16.0. The topological polar surface area (TPSA) is 73.2 Å². The molecule has 1 unspecified atom stereocenters. The van der Waals surface area contributed by atoms with Gasteiger partial charge >= 0.3 is 0 Å². The van der Waals surface area contributed by atoms with Gasteiger partial charge in [0, 0.05) is 12.6 Å². The van der Waals surface area contributed by atoms with E-state index in [1.54, 1.807) is 14.0 Å². The molecule has 0 radical (unpaired) electrons. The highest BCUT2D eigenvalue weighted by Crippen LogP contribution is 2.33. The second kappa shape index (κ2) is 5.45. The molecule has 4 rings (SSSR count). The Balaban J connectivity index is 1.69. The van der Waals surface area contributed by atoms with E-state index in [-0.39, 0.29) is 17.5 Å². The summed E-state index contributed by atoms with van der Waals surface area (Å²) in [5.74, 6) is 0.592. The molecule has 0 saturated heterocycles. The Bertz CT molecular complexity index is 1020. The van der Waals surface area contributed by atoms with Crippen LogP contribution in [0.5, 0.6) is 5.75 Å². The molecule has 2 aromatic heterocycles. The average molecular weight is 341 g/mol. The van der Waals surface area contributed by atoms with Crippen LogP contribution in [0.3, 0.4) is 0 Å². The lowest BCUT2D eigenvalue weighted by atomic mass is 10.1. The van der Waals surface area contributed by atoms with Crippen LogP contribution in [0, 0.1) is 6.92 Å². The van der Waals surface area contributed by atoms with Crippen LogP contribution >= 0.6 is 11.3 Å². The molecule has 0 spiro atoms. The maximum absolute atomic E-state index is 12.7. The number of thiophene rings is 1. The van der Waals surface area contributed by atoms with E-state index in [1.807, 2.05) is 24.3 Å². The Kier molecular flexibility index (Phi) is 3.38. The first-order chi connectivity index (χ1) is 11.6. The number of aryl methyl sites for hydroxylation is 2. The number of rotatable bonds is 2. The Morgan fingerprint density at radius 2 is 2.21 bits per heavy atom. The third-order valence-electron chi connectivity index (χ3n) is 4.22. The van der Waals surface area contributed by atoms with Gasteiger partial charge in [-0.2, -0.15) is 0 Å². The number of nitrogens with zero attached hydrogens (tertiary/aromatic N) is 2. The van der Waals surface area contributed by atoms with Crippen molar-refractivity contribution in [2.75, 3.05) is 6.61 Å². The predicted molar refractivity (Wildman–Crippen MR) is 91.7 cm³/mol. The van der Waals surface area contributed by atoms with Gasteiger partial charge in [-0.25, -0.2) is 4.98 Å². The van der Waals surface area contributed by atoms with Crippen molar-refractivity contribution in [1.29, 1.82) is 0 Å². The summed E-state index contributed by atoms with van der Waals surface area (Å²) in [6.07, 6.45) is 1.48. The van der Waals surface area contributed by atoms with Gasteiger partial charge in [-0.3, -0.25) is 9.59 Å². The van der Waals surface area contributed by atoms with Gasteiger partial charge < -0.3 is 14.6 Å². The number of hydrogen-bond acceptors (Lipinski definition) is 5. The molecular formula is C17H15N3O3S. The van der Waals surface area contributed by atoms with E-state index in [4.69, 9.17) is 4.74 Å². The lowest BCUT2D eigenvalue weighted by molar-refractivity contribution is 0.0934. The molecule has 3 heterocycles. The number of nitrogens with one attached hydrogen (secondary N) is 1. The van der Waals surface area contributed by atoms with Crippen LogP contribution in [-0.4, -0.2) is 22.1 Å². The smallest absolute Gasteiger partial charge is 0.262 e. The van der Waals surface area contributed by atoms with Crippen molar-refractivity contribution in [2.45, 2.75) is 13.0 Å². The lowest BCUT2D eigenvalue weighted by Gasteiger charge is -2.11. The monoisotopic (exact) mass is 341 g/mol. The maximum Gasteiger partial charge on any atom is 0.262 e. The van der Waals surface area contributed by atoms with Crippen LogP contribution in [0.4, 0.5) is 0 Å². The van der Waals surface area contributed by atoms with Crippen molar-refractivity contribution < 1.29 is 9.53 Å². The van der Waals surface area contributed by atoms with E-state index in [1.165, 1.54) is 22.2 Å². The van der Waals surface area contributed by atoms with Gasteiger partial charge in [-0.15, -0.1) is 11.3 Å². The Hall–Kier alpha value is -2.67. The quantitative estimate of drug-likeness (QED) is 0.775. The number of hydrogen-bond donors (Lipinski definition) is 1. The number of amides is 1. The third-order valence-corrected chi connectivity index (χ3v) is 5.42. The Morgan fingerprint density at radius 3 is 3.04 bits per heavy atom. The van der Waals surface area contributed by atoms with Crippen molar-refractivity contribution in [3.63, 3.8) is 0 Å². The summed E-state index contributed by atoms with van der Waals surface area (Å²) >= 11 is 1.24. The number of carbonyl (C=O) groups excluding carboxylic acids is 1. The van der Waals surface area contributed by atoms with Crippen LogP contribution in [-0.2, 0) is 7.05 Å². The van der Waals surface area contributed by atoms with Crippen LogP contribution in [0.15, 0.2) is 35.4 Å². The molecule has 7 heteroatoms. The molecule has 1 aromatic carbocycles. The van der Waals surface area contributed by atoms with E-state index < -0.39 is 0 Å². The Morgan fingerprint density at radius 1 is 1.42 bits per heavy atom. The standard InChI is InChI=1S/C17H15N3O3S/c1-9-13-16(18-8-20(2)17(13)22)24-14(9)15(21)19-11-7-23-12-6-4-3-5-10(11)12/h3-6,8,11H,7H2,1-2H3,(H,19,21). The second-order valence-corrected chi connectivity index (χ2v) is 6.77. The largest absolute Gasteiger partial charge is 0.491 e. The molecule has 6 nitrogen and oxygen atoms in total. The minimum absolute atomic E-state index is 0.137. The van der Waals surface area contributed by atoms with Gasteiger partial charge in [-0.05, 0) is 18.6 Å². The summed E-state index contributed by atoms with van der Waals surface area (Å²) < 4.78 is 7.02. The van der Waals surface area contributed by atoms with E-state index in [9.17, 15) is 9.59 Å². The molecule has 1 amide bonds. The number of ether oxygens (including phenoxy) is 1. The summed E-state index contributed by atoms with van der Waals surface area (Å²) in [5.41, 5.74) is 1.51. The van der Waals surface area contributed by atoms with Crippen LogP contribution < -0.4 is 15.6 Å². The lowest BCUT2D eigenvalue weighted by Crippen LogP contribution is -2.29. The first-order valence-corrected chi connectivity index (χ1v) is 8.35. The van der Waals surface area contributed by atoms with Gasteiger partial charge in [0.25, 0.3) is 11.5 Å². The fraction of sp³-hybridized carbons (Fsp3) is 0.235. The molecule has 1 aliphatic rings. The fourth-order valence-electron chi connectivity index (χ4n) is 2.93. The van der Waals surface area contributed by atoms with Gasteiger partial charge in [0.15, 0.2) is 0 Å². The number of carbonyl (C=O) groups is 1. The predicted octanol–water partition coefficient (Wildman–Crippen LogP) is 2.17. The summed E-state index contributed by atoms with van der Waals surface area (Å²) in [6.45, 7) is 2.20. The maximum atomic E-state index is 12.7. The number of aromatic nitrogens is 2. The fourth-order valence-corrected chi connectivity index (χ4v) is 3.97. The minimum Gasteiger partial charge on any atom is -0.491 e. The molecule has 0 bridgehead atoms. The molecule has 1 N–H and O–H groups in total. The summed E-state index contributed by atoms with van der Waals surface area (Å²) in [5, 5.41) is 3.51. The van der Waals surface area contributed by atoms with Gasteiger partial charge in [0.05, 0.1) is 22.6 Å². The third kappa shape index (κ3) is 2.20. The number of benzene rings is 1. The van der Waals surface area contributed by atoms with Crippen molar-refractivity contribution in [3.05, 3.63) is 57.0 Å². The molecule has 0 fully saturated rings. The zero-order valence-corrected chi connectivity index (χ0v) is 14.0. The highest BCUT2D eigenvalue weighted by atomic mass is 32.1. The zero-order valence-electron chi connectivity index (χ0n) is 13.2.